The van der Waals surface area contributed by atoms with E-state index in [1.165, 1.54) is 13.2 Å². The number of methoxy groups -OCH3 is 1. The van der Waals surface area contributed by atoms with Crippen LogP contribution in [0, 0.1) is 23.5 Å². The molecular formula is C18H23F2NO4. The summed E-state index contributed by atoms with van der Waals surface area (Å²) >= 11 is 0. The van der Waals surface area contributed by atoms with E-state index in [-0.39, 0.29) is 23.3 Å². The number of rotatable bonds is 4. The summed E-state index contributed by atoms with van der Waals surface area (Å²) in [6.07, 6.45) is 2.48. The number of amides is 1. The van der Waals surface area contributed by atoms with Crippen molar-refractivity contribution in [2.75, 3.05) is 33.5 Å². The summed E-state index contributed by atoms with van der Waals surface area (Å²) in [5, 5.41) is 2.88. The lowest BCUT2D eigenvalue weighted by atomic mass is 9.79. The Kier molecular flexibility index (Phi) is 5.86. The molecule has 3 rings (SSSR count). The Hall–Kier alpha value is -1.73. The first-order valence-electron chi connectivity index (χ1n) is 8.60. The summed E-state index contributed by atoms with van der Waals surface area (Å²) in [6, 6.07) is 2.06. The topological polar surface area (TPSA) is 56.8 Å². The van der Waals surface area contributed by atoms with E-state index >= 15 is 0 Å². The summed E-state index contributed by atoms with van der Waals surface area (Å²) in [6.45, 7) is 2.49. The van der Waals surface area contributed by atoms with Gasteiger partial charge in [-0.3, -0.25) is 4.79 Å². The Morgan fingerprint density at radius 3 is 2.60 bits per heavy atom. The van der Waals surface area contributed by atoms with Crippen molar-refractivity contribution in [3.05, 3.63) is 29.3 Å². The fraction of sp³-hybridized carbons (Fsp3) is 0.611. The van der Waals surface area contributed by atoms with Gasteiger partial charge in [0, 0.05) is 31.8 Å². The van der Waals surface area contributed by atoms with E-state index in [0.717, 1.165) is 18.9 Å². The van der Waals surface area contributed by atoms with Crippen molar-refractivity contribution >= 4 is 5.91 Å². The number of nitrogens with one attached hydrogen (secondary N) is 1. The summed E-state index contributed by atoms with van der Waals surface area (Å²) in [7, 11) is 1.32. The molecule has 25 heavy (non-hydrogen) atoms. The Bertz CT molecular complexity index is 619. The lowest BCUT2D eigenvalue weighted by molar-refractivity contribution is -0.0259. The fourth-order valence-corrected chi connectivity index (χ4v) is 3.70. The van der Waals surface area contributed by atoms with Crippen LogP contribution >= 0.6 is 0 Å². The van der Waals surface area contributed by atoms with Crippen LogP contribution in [-0.4, -0.2) is 45.5 Å². The van der Waals surface area contributed by atoms with E-state index in [1.807, 2.05) is 0 Å². The molecule has 0 unspecified atom stereocenters. The maximum absolute atomic E-state index is 14.1. The highest BCUT2D eigenvalue weighted by Gasteiger charge is 2.35. The number of carbonyl (C=O) groups excluding carboxylic acids is 1. The largest absolute Gasteiger partial charge is 0.496 e. The number of hydrogen-bond acceptors (Lipinski definition) is 4. The maximum atomic E-state index is 14.1. The Labute approximate surface area is 145 Å². The molecule has 1 amide bonds. The molecule has 0 aromatic heterocycles. The average molecular weight is 355 g/mol. The SMILES string of the molecule is COc1ccc(F)c(F)c1C(=O)N[C@@H]1CCOC[C@@H]1C1CCOCC1. The quantitative estimate of drug-likeness (QED) is 0.902. The fourth-order valence-electron chi connectivity index (χ4n) is 3.70. The molecule has 2 aliphatic rings. The van der Waals surface area contributed by atoms with Crippen molar-refractivity contribution in [1.29, 1.82) is 0 Å². The van der Waals surface area contributed by atoms with Crippen molar-refractivity contribution in [1.82, 2.24) is 5.32 Å². The van der Waals surface area contributed by atoms with E-state index in [0.29, 0.717) is 38.8 Å². The van der Waals surface area contributed by atoms with Gasteiger partial charge in [-0.15, -0.1) is 0 Å². The normalized spacial score (nSPS) is 24.8. The van der Waals surface area contributed by atoms with Crippen LogP contribution in [0.2, 0.25) is 0 Å². The molecule has 1 aromatic carbocycles. The summed E-state index contributed by atoms with van der Waals surface area (Å²) < 4.78 is 43.7. The minimum atomic E-state index is -1.19. The highest BCUT2D eigenvalue weighted by atomic mass is 19.2. The highest BCUT2D eigenvalue weighted by Crippen LogP contribution is 2.31. The van der Waals surface area contributed by atoms with E-state index in [1.54, 1.807) is 0 Å². The van der Waals surface area contributed by atoms with E-state index in [9.17, 15) is 13.6 Å². The molecule has 2 fully saturated rings. The first-order chi connectivity index (χ1) is 12.1. The third-order valence-corrected chi connectivity index (χ3v) is 5.09. The number of ether oxygens (including phenoxy) is 3. The van der Waals surface area contributed by atoms with Gasteiger partial charge < -0.3 is 19.5 Å². The molecule has 0 aliphatic carbocycles. The summed E-state index contributed by atoms with van der Waals surface area (Å²) in [5.41, 5.74) is -0.389. The van der Waals surface area contributed by atoms with Gasteiger partial charge in [-0.05, 0) is 37.3 Å². The van der Waals surface area contributed by atoms with Gasteiger partial charge in [0.2, 0.25) is 0 Å². The molecule has 0 spiro atoms. The van der Waals surface area contributed by atoms with Gasteiger partial charge in [-0.2, -0.15) is 0 Å². The smallest absolute Gasteiger partial charge is 0.258 e. The van der Waals surface area contributed by atoms with Gasteiger partial charge in [-0.25, -0.2) is 8.78 Å². The minimum Gasteiger partial charge on any atom is -0.496 e. The maximum Gasteiger partial charge on any atom is 0.258 e. The Morgan fingerprint density at radius 1 is 1.16 bits per heavy atom. The zero-order valence-corrected chi connectivity index (χ0v) is 14.2. The molecule has 1 aromatic rings. The predicted octanol–water partition coefficient (Wildman–Crippen LogP) is 2.53. The van der Waals surface area contributed by atoms with Crippen LogP contribution in [-0.2, 0) is 9.47 Å². The van der Waals surface area contributed by atoms with Crippen LogP contribution in [0.4, 0.5) is 8.78 Å². The van der Waals surface area contributed by atoms with Crippen LogP contribution in [0.1, 0.15) is 29.6 Å². The Morgan fingerprint density at radius 2 is 1.88 bits per heavy atom. The molecule has 0 saturated carbocycles. The summed E-state index contributed by atoms with van der Waals surface area (Å²) in [5.74, 6) is -2.36. The average Bonchev–Trinajstić information content (AvgIpc) is 2.65. The second-order valence-corrected chi connectivity index (χ2v) is 6.50. The van der Waals surface area contributed by atoms with E-state index in [2.05, 4.69) is 5.32 Å². The van der Waals surface area contributed by atoms with Gasteiger partial charge in [0.1, 0.15) is 11.3 Å². The lowest BCUT2D eigenvalue weighted by Gasteiger charge is -2.39. The third kappa shape index (κ3) is 3.93. The number of hydrogen-bond donors (Lipinski definition) is 1. The molecule has 2 atom stereocenters. The molecule has 2 heterocycles. The zero-order chi connectivity index (χ0) is 17.8. The van der Waals surface area contributed by atoms with Crippen LogP contribution in [0.5, 0.6) is 5.75 Å². The molecular weight excluding hydrogens is 332 g/mol. The molecule has 1 N–H and O–H groups in total. The van der Waals surface area contributed by atoms with Crippen molar-refractivity contribution in [3.8, 4) is 5.75 Å². The highest BCUT2D eigenvalue weighted by molar-refractivity contribution is 5.97. The van der Waals surface area contributed by atoms with Crippen molar-refractivity contribution < 1.29 is 27.8 Å². The van der Waals surface area contributed by atoms with Crippen LogP contribution in [0.15, 0.2) is 12.1 Å². The number of carbonyl (C=O) groups is 1. The minimum absolute atomic E-state index is 0.0195. The number of benzene rings is 1. The molecule has 2 saturated heterocycles. The second-order valence-electron chi connectivity index (χ2n) is 6.50. The van der Waals surface area contributed by atoms with Crippen molar-refractivity contribution in [3.63, 3.8) is 0 Å². The predicted molar refractivity (Wildman–Crippen MR) is 86.6 cm³/mol. The summed E-state index contributed by atoms with van der Waals surface area (Å²) in [4.78, 5) is 12.6. The van der Waals surface area contributed by atoms with Gasteiger partial charge in [0.15, 0.2) is 11.6 Å². The molecule has 2 aliphatic heterocycles. The molecule has 0 radical (unpaired) electrons. The van der Waals surface area contributed by atoms with Gasteiger partial charge in [-0.1, -0.05) is 0 Å². The molecule has 138 valence electrons. The van der Waals surface area contributed by atoms with Gasteiger partial charge in [0.05, 0.1) is 13.7 Å². The van der Waals surface area contributed by atoms with Crippen molar-refractivity contribution in [2.45, 2.75) is 25.3 Å². The first kappa shape index (κ1) is 18.1. The standard InChI is InChI=1S/C18H23F2NO4/c1-23-15-3-2-13(19)17(20)16(15)18(22)21-14-6-9-25-10-12(14)11-4-7-24-8-5-11/h2-3,11-12,14H,4-10H2,1H3,(H,21,22)/t12-,14-/m1/s1. The molecule has 7 heteroatoms. The van der Waals surface area contributed by atoms with Crippen molar-refractivity contribution in [2.24, 2.45) is 11.8 Å². The van der Waals surface area contributed by atoms with Gasteiger partial charge in [0.25, 0.3) is 5.91 Å². The lowest BCUT2D eigenvalue weighted by Crippen LogP contribution is -2.49. The molecule has 0 bridgehead atoms. The van der Waals surface area contributed by atoms with Crippen LogP contribution in [0.3, 0.4) is 0 Å². The third-order valence-electron chi connectivity index (χ3n) is 5.09. The number of halogens is 2. The van der Waals surface area contributed by atoms with Crippen LogP contribution in [0.25, 0.3) is 0 Å². The monoisotopic (exact) mass is 355 g/mol. The first-order valence-corrected chi connectivity index (χ1v) is 8.60. The van der Waals surface area contributed by atoms with Crippen LogP contribution < -0.4 is 10.1 Å². The van der Waals surface area contributed by atoms with Gasteiger partial charge >= 0.3 is 0 Å². The second kappa shape index (κ2) is 8.10. The zero-order valence-electron chi connectivity index (χ0n) is 14.2. The van der Waals surface area contributed by atoms with E-state index in [4.69, 9.17) is 14.2 Å². The molecule has 5 nitrogen and oxygen atoms in total. The van der Waals surface area contributed by atoms with E-state index < -0.39 is 17.5 Å². The Balaban J connectivity index is 1.78.